The zero-order valence-electron chi connectivity index (χ0n) is 10.2. The standard InChI is InChI=1S/C15H15F2N/c1-2-18-10-11-4-3-5-12(6-11)13-7-14(16)9-15(17)8-13/h3-9,18H,2,10H2,1H3. The van der Waals surface area contributed by atoms with Gasteiger partial charge >= 0.3 is 0 Å². The third-order valence-electron chi connectivity index (χ3n) is 2.70. The SMILES string of the molecule is CCNCc1cccc(-c2cc(F)cc(F)c2)c1. The molecule has 2 rings (SSSR count). The summed E-state index contributed by atoms with van der Waals surface area (Å²) in [6.07, 6.45) is 0. The molecular weight excluding hydrogens is 232 g/mol. The normalized spacial score (nSPS) is 10.6. The van der Waals surface area contributed by atoms with Gasteiger partial charge in [0.05, 0.1) is 0 Å². The van der Waals surface area contributed by atoms with Gasteiger partial charge in [-0.25, -0.2) is 8.78 Å². The Balaban J connectivity index is 2.32. The van der Waals surface area contributed by atoms with Gasteiger partial charge < -0.3 is 5.32 Å². The topological polar surface area (TPSA) is 12.0 Å². The van der Waals surface area contributed by atoms with Crippen LogP contribution in [0.2, 0.25) is 0 Å². The summed E-state index contributed by atoms with van der Waals surface area (Å²) >= 11 is 0. The molecule has 2 aromatic carbocycles. The van der Waals surface area contributed by atoms with E-state index in [2.05, 4.69) is 5.32 Å². The Morgan fingerprint density at radius 2 is 1.67 bits per heavy atom. The fourth-order valence-electron chi connectivity index (χ4n) is 1.85. The van der Waals surface area contributed by atoms with Gasteiger partial charge in [-0.05, 0) is 41.4 Å². The average molecular weight is 247 g/mol. The van der Waals surface area contributed by atoms with Gasteiger partial charge in [0.25, 0.3) is 0 Å². The molecule has 0 aromatic heterocycles. The first-order chi connectivity index (χ1) is 8.69. The van der Waals surface area contributed by atoms with Gasteiger partial charge in [-0.15, -0.1) is 0 Å². The van der Waals surface area contributed by atoms with Crippen molar-refractivity contribution in [1.82, 2.24) is 5.32 Å². The van der Waals surface area contributed by atoms with Crippen LogP contribution in [0.25, 0.3) is 11.1 Å². The molecule has 0 aliphatic rings. The van der Waals surface area contributed by atoms with E-state index in [1.807, 2.05) is 31.2 Å². The average Bonchev–Trinajstić information content (AvgIpc) is 2.35. The first-order valence-electron chi connectivity index (χ1n) is 5.95. The van der Waals surface area contributed by atoms with Gasteiger partial charge in [0, 0.05) is 12.6 Å². The minimum Gasteiger partial charge on any atom is -0.313 e. The summed E-state index contributed by atoms with van der Waals surface area (Å²) in [5.74, 6) is -1.11. The van der Waals surface area contributed by atoms with Crippen LogP contribution in [0.3, 0.4) is 0 Å². The van der Waals surface area contributed by atoms with Crippen molar-refractivity contribution in [3.05, 3.63) is 59.7 Å². The van der Waals surface area contributed by atoms with Crippen molar-refractivity contribution >= 4 is 0 Å². The molecule has 0 saturated carbocycles. The molecule has 18 heavy (non-hydrogen) atoms. The van der Waals surface area contributed by atoms with Crippen molar-refractivity contribution in [2.24, 2.45) is 0 Å². The molecule has 0 unspecified atom stereocenters. The largest absolute Gasteiger partial charge is 0.313 e. The van der Waals surface area contributed by atoms with E-state index in [0.29, 0.717) is 5.56 Å². The number of hydrogen-bond donors (Lipinski definition) is 1. The molecule has 1 nitrogen and oxygen atoms in total. The molecule has 1 N–H and O–H groups in total. The Morgan fingerprint density at radius 1 is 0.944 bits per heavy atom. The van der Waals surface area contributed by atoms with Crippen molar-refractivity contribution in [3.8, 4) is 11.1 Å². The molecule has 0 spiro atoms. The second-order valence-electron chi connectivity index (χ2n) is 4.14. The zero-order chi connectivity index (χ0) is 13.0. The van der Waals surface area contributed by atoms with Crippen molar-refractivity contribution in [3.63, 3.8) is 0 Å². The highest BCUT2D eigenvalue weighted by atomic mass is 19.1. The molecule has 0 amide bonds. The quantitative estimate of drug-likeness (QED) is 0.867. The van der Waals surface area contributed by atoms with Gasteiger partial charge in [-0.2, -0.15) is 0 Å². The molecule has 0 fully saturated rings. The van der Waals surface area contributed by atoms with Crippen molar-refractivity contribution in [2.45, 2.75) is 13.5 Å². The third-order valence-corrected chi connectivity index (χ3v) is 2.70. The maximum atomic E-state index is 13.2. The van der Waals surface area contributed by atoms with Gasteiger partial charge in [-0.1, -0.05) is 25.1 Å². The molecule has 0 bridgehead atoms. The maximum absolute atomic E-state index is 13.2. The van der Waals surface area contributed by atoms with Gasteiger partial charge in [0.1, 0.15) is 11.6 Å². The molecule has 0 radical (unpaired) electrons. The molecule has 0 aliphatic carbocycles. The van der Waals surface area contributed by atoms with E-state index in [4.69, 9.17) is 0 Å². The Bertz CT molecular complexity index is 518. The number of hydrogen-bond acceptors (Lipinski definition) is 1. The number of halogens is 2. The summed E-state index contributed by atoms with van der Waals surface area (Å²) < 4.78 is 26.3. The van der Waals surface area contributed by atoms with Crippen molar-refractivity contribution in [1.29, 1.82) is 0 Å². The molecule has 0 saturated heterocycles. The minimum atomic E-state index is -0.554. The number of benzene rings is 2. The monoisotopic (exact) mass is 247 g/mol. The minimum absolute atomic E-state index is 0.554. The van der Waals surface area contributed by atoms with Crippen molar-refractivity contribution in [2.75, 3.05) is 6.54 Å². The molecule has 0 aliphatic heterocycles. The third kappa shape index (κ3) is 3.14. The number of nitrogens with one attached hydrogen (secondary N) is 1. The van der Waals surface area contributed by atoms with E-state index < -0.39 is 11.6 Å². The van der Waals surface area contributed by atoms with Crippen LogP contribution in [0.15, 0.2) is 42.5 Å². The highest BCUT2D eigenvalue weighted by Gasteiger charge is 2.04. The first-order valence-corrected chi connectivity index (χ1v) is 5.95. The van der Waals surface area contributed by atoms with Crippen LogP contribution >= 0.6 is 0 Å². The van der Waals surface area contributed by atoms with Crippen LogP contribution in [-0.2, 0) is 6.54 Å². The van der Waals surface area contributed by atoms with Crippen LogP contribution in [0.5, 0.6) is 0 Å². The van der Waals surface area contributed by atoms with E-state index in [-0.39, 0.29) is 0 Å². The van der Waals surface area contributed by atoms with Crippen LogP contribution < -0.4 is 5.32 Å². The molecule has 3 heteroatoms. The molecule has 0 atom stereocenters. The predicted molar refractivity (Wildman–Crippen MR) is 69.2 cm³/mol. The Morgan fingerprint density at radius 3 is 2.33 bits per heavy atom. The molecule has 2 aromatic rings. The highest BCUT2D eigenvalue weighted by Crippen LogP contribution is 2.22. The lowest BCUT2D eigenvalue weighted by Crippen LogP contribution is -2.11. The molecule has 0 heterocycles. The van der Waals surface area contributed by atoms with Crippen LogP contribution in [0, 0.1) is 11.6 Å². The smallest absolute Gasteiger partial charge is 0.126 e. The maximum Gasteiger partial charge on any atom is 0.126 e. The zero-order valence-corrected chi connectivity index (χ0v) is 10.2. The fourth-order valence-corrected chi connectivity index (χ4v) is 1.85. The lowest BCUT2D eigenvalue weighted by atomic mass is 10.0. The second kappa shape index (κ2) is 5.74. The molecule has 94 valence electrons. The summed E-state index contributed by atoms with van der Waals surface area (Å²) in [5.41, 5.74) is 2.48. The summed E-state index contributed by atoms with van der Waals surface area (Å²) in [6.45, 7) is 3.67. The van der Waals surface area contributed by atoms with Crippen LogP contribution in [0.1, 0.15) is 12.5 Å². The lowest BCUT2D eigenvalue weighted by Gasteiger charge is -2.06. The van der Waals surface area contributed by atoms with E-state index >= 15 is 0 Å². The van der Waals surface area contributed by atoms with E-state index in [0.717, 1.165) is 30.3 Å². The van der Waals surface area contributed by atoms with E-state index in [1.165, 1.54) is 12.1 Å². The highest BCUT2D eigenvalue weighted by molar-refractivity contribution is 5.64. The van der Waals surface area contributed by atoms with E-state index in [9.17, 15) is 8.78 Å². The van der Waals surface area contributed by atoms with Crippen molar-refractivity contribution < 1.29 is 8.78 Å². The lowest BCUT2D eigenvalue weighted by molar-refractivity contribution is 0.584. The second-order valence-corrected chi connectivity index (χ2v) is 4.14. The Hall–Kier alpha value is -1.74. The Kier molecular flexibility index (Phi) is 4.05. The van der Waals surface area contributed by atoms with Gasteiger partial charge in [0.2, 0.25) is 0 Å². The Labute approximate surface area is 105 Å². The fraction of sp³-hybridized carbons (Fsp3) is 0.200. The summed E-state index contributed by atoms with van der Waals surface area (Å²) in [5, 5.41) is 3.22. The van der Waals surface area contributed by atoms with Crippen LogP contribution in [0.4, 0.5) is 8.78 Å². The van der Waals surface area contributed by atoms with Gasteiger partial charge in [0.15, 0.2) is 0 Å². The van der Waals surface area contributed by atoms with Crippen LogP contribution in [-0.4, -0.2) is 6.54 Å². The molecular formula is C15H15F2N. The summed E-state index contributed by atoms with van der Waals surface area (Å²) in [4.78, 5) is 0. The summed E-state index contributed by atoms with van der Waals surface area (Å²) in [7, 11) is 0. The predicted octanol–water partition coefficient (Wildman–Crippen LogP) is 3.74. The van der Waals surface area contributed by atoms with E-state index in [1.54, 1.807) is 0 Å². The summed E-state index contributed by atoms with van der Waals surface area (Å²) in [6, 6.07) is 11.2. The van der Waals surface area contributed by atoms with Gasteiger partial charge in [-0.3, -0.25) is 0 Å². The number of rotatable bonds is 4. The first kappa shape index (κ1) is 12.7.